The molecule has 0 unspecified atom stereocenters. The molecule has 4 amide bonds. The number of hydrogen-bond acceptors (Lipinski definition) is 4. The highest BCUT2D eigenvalue weighted by Crippen LogP contribution is 2.28. The molecule has 3 N–H and O–H groups in total. The highest BCUT2D eigenvalue weighted by atomic mass is 16.5. The van der Waals surface area contributed by atoms with Crippen LogP contribution in [0.15, 0.2) is 30.3 Å². The molecular weight excluding hydrogens is 360 g/mol. The van der Waals surface area contributed by atoms with Crippen LogP contribution in [0.3, 0.4) is 0 Å². The molecule has 1 aliphatic carbocycles. The molecule has 1 aromatic carbocycles. The van der Waals surface area contributed by atoms with Crippen molar-refractivity contribution in [3.63, 3.8) is 0 Å². The molecule has 1 aromatic rings. The number of hydrogen-bond donors (Lipinski definition) is 3. The second-order valence-electron chi connectivity index (χ2n) is 7.32. The molecule has 8 heteroatoms. The van der Waals surface area contributed by atoms with Crippen LogP contribution in [0.1, 0.15) is 25.7 Å². The Kier molecular flexibility index (Phi) is 6.86. The summed E-state index contributed by atoms with van der Waals surface area (Å²) in [4.78, 5) is 38.5. The summed E-state index contributed by atoms with van der Waals surface area (Å²) in [6.07, 6.45) is 2.36. The zero-order valence-corrected chi connectivity index (χ0v) is 16.1. The minimum Gasteiger partial charge on any atom is -0.379 e. The average molecular weight is 388 g/mol. The third-order valence-electron chi connectivity index (χ3n) is 5.36. The van der Waals surface area contributed by atoms with Crippen molar-refractivity contribution < 1.29 is 19.1 Å². The molecule has 8 nitrogen and oxygen atoms in total. The Hall–Kier alpha value is -2.61. The van der Waals surface area contributed by atoms with E-state index in [1.165, 1.54) is 0 Å². The van der Waals surface area contributed by atoms with Crippen LogP contribution in [0.25, 0.3) is 0 Å². The minimum atomic E-state index is -0.285. The van der Waals surface area contributed by atoms with Gasteiger partial charge in [-0.15, -0.1) is 0 Å². The first-order valence-corrected chi connectivity index (χ1v) is 9.77. The van der Waals surface area contributed by atoms with Crippen LogP contribution in [0.5, 0.6) is 0 Å². The molecular formula is C20H28N4O4. The molecule has 0 bridgehead atoms. The van der Waals surface area contributed by atoms with E-state index >= 15 is 0 Å². The van der Waals surface area contributed by atoms with Gasteiger partial charge in [0.15, 0.2) is 0 Å². The van der Waals surface area contributed by atoms with E-state index in [1.807, 2.05) is 30.3 Å². The monoisotopic (exact) mass is 388 g/mol. The van der Waals surface area contributed by atoms with Gasteiger partial charge in [0.2, 0.25) is 11.8 Å². The highest BCUT2D eigenvalue weighted by Gasteiger charge is 2.37. The maximum Gasteiger partial charge on any atom is 0.319 e. The quantitative estimate of drug-likeness (QED) is 0.725. The van der Waals surface area contributed by atoms with Crippen molar-refractivity contribution in [1.29, 1.82) is 0 Å². The Morgan fingerprint density at radius 2 is 2.00 bits per heavy atom. The van der Waals surface area contributed by atoms with Gasteiger partial charge in [-0.05, 0) is 37.8 Å². The van der Waals surface area contributed by atoms with Crippen molar-refractivity contribution in [3.05, 3.63) is 30.3 Å². The second-order valence-corrected chi connectivity index (χ2v) is 7.32. The lowest BCUT2D eigenvalue weighted by Gasteiger charge is -2.36. The molecule has 3 atom stereocenters. The number of para-hydroxylation sites is 1. The second kappa shape index (κ2) is 9.54. The van der Waals surface area contributed by atoms with Crippen LogP contribution >= 0.6 is 0 Å². The molecule has 1 heterocycles. The first-order valence-electron chi connectivity index (χ1n) is 9.77. The Morgan fingerprint density at radius 3 is 2.75 bits per heavy atom. The number of nitrogens with one attached hydrogen (secondary N) is 3. The SMILES string of the molecule is CO[C@H]1C[C@@H](C(=O)N2CCCNC(=O)C2)CC[C@@H]1NC(=O)Nc1ccccc1. The summed E-state index contributed by atoms with van der Waals surface area (Å²) in [7, 11) is 1.60. The number of carbonyl (C=O) groups excluding carboxylic acids is 3. The Balaban J connectivity index is 1.54. The van der Waals surface area contributed by atoms with E-state index in [9.17, 15) is 14.4 Å². The van der Waals surface area contributed by atoms with Crippen molar-refractivity contribution in [1.82, 2.24) is 15.5 Å². The fourth-order valence-electron chi connectivity index (χ4n) is 3.89. The van der Waals surface area contributed by atoms with E-state index in [-0.39, 0.29) is 42.5 Å². The number of benzene rings is 1. The van der Waals surface area contributed by atoms with Crippen LogP contribution < -0.4 is 16.0 Å². The first-order chi connectivity index (χ1) is 13.6. The molecule has 1 aliphatic heterocycles. The molecule has 0 radical (unpaired) electrons. The molecule has 3 rings (SSSR count). The molecule has 2 fully saturated rings. The molecule has 0 spiro atoms. The summed E-state index contributed by atoms with van der Waals surface area (Å²) in [6, 6.07) is 8.79. The molecule has 28 heavy (non-hydrogen) atoms. The van der Waals surface area contributed by atoms with Crippen LogP contribution in [-0.2, 0) is 14.3 Å². The van der Waals surface area contributed by atoms with E-state index in [1.54, 1.807) is 12.0 Å². The summed E-state index contributed by atoms with van der Waals surface area (Å²) >= 11 is 0. The fraction of sp³-hybridized carbons (Fsp3) is 0.550. The number of rotatable bonds is 4. The third-order valence-corrected chi connectivity index (χ3v) is 5.36. The highest BCUT2D eigenvalue weighted by molar-refractivity contribution is 5.89. The lowest BCUT2D eigenvalue weighted by Crippen LogP contribution is -2.51. The summed E-state index contributed by atoms with van der Waals surface area (Å²) in [6.45, 7) is 1.32. The zero-order chi connectivity index (χ0) is 19.9. The van der Waals surface area contributed by atoms with Crippen molar-refractivity contribution in [2.24, 2.45) is 5.92 Å². The molecule has 2 aliphatic rings. The standard InChI is InChI=1S/C20H28N4O4/c1-28-17-12-14(19(26)24-11-5-10-21-18(25)13-24)8-9-16(17)23-20(27)22-15-6-3-2-4-7-15/h2-4,6-7,14,16-17H,5,8-13H2,1H3,(H,21,25)(H2,22,23,27)/t14-,16-,17-/m0/s1. The maximum absolute atomic E-state index is 12.9. The lowest BCUT2D eigenvalue weighted by atomic mass is 9.83. The van der Waals surface area contributed by atoms with Gasteiger partial charge >= 0.3 is 6.03 Å². The van der Waals surface area contributed by atoms with Gasteiger partial charge in [-0.2, -0.15) is 0 Å². The summed E-state index contributed by atoms with van der Waals surface area (Å²) < 4.78 is 5.58. The number of methoxy groups -OCH3 is 1. The summed E-state index contributed by atoms with van der Waals surface area (Å²) in [5.41, 5.74) is 0.720. The first kappa shape index (κ1) is 20.1. The molecule has 1 saturated heterocycles. The van der Waals surface area contributed by atoms with Crippen molar-refractivity contribution in [2.45, 2.75) is 37.8 Å². The maximum atomic E-state index is 12.9. The topological polar surface area (TPSA) is 99.8 Å². The van der Waals surface area contributed by atoms with Crippen molar-refractivity contribution in [2.75, 3.05) is 32.1 Å². The van der Waals surface area contributed by atoms with Gasteiger partial charge in [0, 0.05) is 31.8 Å². The number of amides is 4. The average Bonchev–Trinajstić information content (AvgIpc) is 2.93. The van der Waals surface area contributed by atoms with E-state index in [2.05, 4.69) is 16.0 Å². The number of ether oxygens (including phenoxy) is 1. The van der Waals surface area contributed by atoms with Crippen LogP contribution in [-0.4, -0.2) is 61.6 Å². The van der Waals surface area contributed by atoms with Crippen LogP contribution in [0, 0.1) is 5.92 Å². The van der Waals surface area contributed by atoms with Crippen molar-refractivity contribution >= 4 is 23.5 Å². The van der Waals surface area contributed by atoms with E-state index in [4.69, 9.17) is 4.74 Å². The van der Waals surface area contributed by atoms with Gasteiger partial charge < -0.3 is 25.6 Å². The normalized spacial score (nSPS) is 25.4. The van der Waals surface area contributed by atoms with Gasteiger partial charge in [0.25, 0.3) is 0 Å². The smallest absolute Gasteiger partial charge is 0.319 e. The summed E-state index contributed by atoms with van der Waals surface area (Å²) in [5, 5.41) is 8.56. The number of anilines is 1. The zero-order valence-electron chi connectivity index (χ0n) is 16.1. The van der Waals surface area contributed by atoms with Gasteiger partial charge in [0.1, 0.15) is 0 Å². The van der Waals surface area contributed by atoms with Crippen LogP contribution in [0.4, 0.5) is 10.5 Å². The predicted octanol–water partition coefficient (Wildman–Crippen LogP) is 1.34. The lowest BCUT2D eigenvalue weighted by molar-refractivity contribution is -0.141. The van der Waals surface area contributed by atoms with E-state index < -0.39 is 0 Å². The minimum absolute atomic E-state index is 0.00582. The predicted molar refractivity (Wildman–Crippen MR) is 105 cm³/mol. The van der Waals surface area contributed by atoms with Crippen LogP contribution in [0.2, 0.25) is 0 Å². The largest absolute Gasteiger partial charge is 0.379 e. The fourth-order valence-corrected chi connectivity index (χ4v) is 3.89. The van der Waals surface area contributed by atoms with E-state index in [0.717, 1.165) is 12.1 Å². The number of nitrogens with zero attached hydrogens (tertiary/aromatic N) is 1. The molecule has 1 saturated carbocycles. The Bertz CT molecular complexity index is 697. The van der Waals surface area contributed by atoms with Crippen molar-refractivity contribution in [3.8, 4) is 0 Å². The van der Waals surface area contributed by atoms with Gasteiger partial charge in [-0.25, -0.2) is 4.79 Å². The molecule has 152 valence electrons. The van der Waals surface area contributed by atoms with Gasteiger partial charge in [0.05, 0.1) is 18.7 Å². The Morgan fingerprint density at radius 1 is 1.21 bits per heavy atom. The third kappa shape index (κ3) is 5.22. The number of urea groups is 1. The van der Waals surface area contributed by atoms with Gasteiger partial charge in [-0.3, -0.25) is 9.59 Å². The Labute approximate surface area is 165 Å². The van der Waals surface area contributed by atoms with Gasteiger partial charge in [-0.1, -0.05) is 18.2 Å². The number of carbonyl (C=O) groups is 3. The summed E-state index contributed by atoms with van der Waals surface area (Å²) in [5.74, 6) is -0.292. The molecule has 0 aromatic heterocycles. The van der Waals surface area contributed by atoms with E-state index in [0.29, 0.717) is 32.4 Å².